The molecule has 186 valence electrons. The highest BCUT2D eigenvalue weighted by molar-refractivity contribution is 5.61. The molecule has 3 aromatic rings. The predicted octanol–water partition coefficient (Wildman–Crippen LogP) is 4.09. The molecule has 0 amide bonds. The maximum atomic E-state index is 14.5. The average molecular weight is 479 g/mol. The van der Waals surface area contributed by atoms with Gasteiger partial charge in [-0.25, -0.2) is 14.4 Å². The number of aryl methyl sites for hydroxylation is 1. The lowest BCUT2D eigenvalue weighted by Gasteiger charge is -2.37. The molecule has 0 unspecified atom stereocenters. The van der Waals surface area contributed by atoms with Crippen LogP contribution in [0.15, 0.2) is 54.6 Å². The first-order valence-electron chi connectivity index (χ1n) is 12.3. The molecule has 1 aliphatic heterocycles. The predicted molar refractivity (Wildman–Crippen MR) is 137 cm³/mol. The van der Waals surface area contributed by atoms with Crippen molar-refractivity contribution in [1.82, 2.24) is 14.9 Å². The number of rotatable bonds is 9. The van der Waals surface area contributed by atoms with Crippen LogP contribution in [0.5, 0.6) is 0 Å². The molecule has 1 aromatic heterocycles. The molecule has 0 saturated carbocycles. The Morgan fingerprint density at radius 2 is 1.66 bits per heavy atom. The molecule has 6 nitrogen and oxygen atoms in total. The summed E-state index contributed by atoms with van der Waals surface area (Å²) in [4.78, 5) is 14.3. The molecule has 1 fully saturated rings. The van der Waals surface area contributed by atoms with Gasteiger partial charge in [0.2, 0.25) is 0 Å². The van der Waals surface area contributed by atoms with Gasteiger partial charge in [0.25, 0.3) is 0 Å². The van der Waals surface area contributed by atoms with Crippen LogP contribution >= 0.6 is 0 Å². The second-order valence-electron chi connectivity index (χ2n) is 9.39. The summed E-state index contributed by atoms with van der Waals surface area (Å²) >= 11 is 0. The Morgan fingerprint density at radius 1 is 0.971 bits per heavy atom. The maximum absolute atomic E-state index is 14.5. The third kappa shape index (κ3) is 6.63. The van der Waals surface area contributed by atoms with Crippen molar-refractivity contribution in [1.29, 1.82) is 0 Å². The third-order valence-electron chi connectivity index (χ3n) is 6.31. The molecule has 1 atom stereocenters. The summed E-state index contributed by atoms with van der Waals surface area (Å²) in [6, 6.07) is 16.8. The first-order chi connectivity index (χ1) is 16.9. The van der Waals surface area contributed by atoms with E-state index >= 15 is 0 Å². The molecule has 1 saturated heterocycles. The second-order valence-corrected chi connectivity index (χ2v) is 9.39. The minimum atomic E-state index is -0.508. The first kappa shape index (κ1) is 25.2. The number of halogens is 1. The van der Waals surface area contributed by atoms with Crippen LogP contribution in [0.2, 0.25) is 0 Å². The quantitative estimate of drug-likeness (QED) is 0.500. The number of hydrogen-bond acceptors (Lipinski definition) is 6. The molecular formula is C28H35FN4O2. The fourth-order valence-corrected chi connectivity index (χ4v) is 4.39. The molecule has 2 heterocycles. The lowest BCUT2D eigenvalue weighted by Crippen LogP contribution is -2.49. The smallest absolute Gasteiger partial charge is 0.161 e. The lowest BCUT2D eigenvalue weighted by molar-refractivity contribution is -0.00901. The Balaban J connectivity index is 1.56. The topological polar surface area (TPSA) is 61.7 Å². The number of piperazine rings is 1. The van der Waals surface area contributed by atoms with E-state index in [-0.39, 0.29) is 11.9 Å². The van der Waals surface area contributed by atoms with Gasteiger partial charge >= 0.3 is 0 Å². The summed E-state index contributed by atoms with van der Waals surface area (Å²) < 4.78 is 20.1. The van der Waals surface area contributed by atoms with Crippen molar-refractivity contribution in [3.05, 3.63) is 77.2 Å². The van der Waals surface area contributed by atoms with E-state index < -0.39 is 6.10 Å². The minimum absolute atomic E-state index is 0.106. The number of benzene rings is 2. The van der Waals surface area contributed by atoms with Gasteiger partial charge in [-0.1, -0.05) is 48.5 Å². The van der Waals surface area contributed by atoms with Crippen molar-refractivity contribution >= 4 is 5.82 Å². The van der Waals surface area contributed by atoms with Gasteiger partial charge in [0.05, 0.1) is 18.8 Å². The number of β-amino-alcohol motifs (C(OH)–C–C–N with tert-alkyl or cyclic N) is 1. The van der Waals surface area contributed by atoms with Crippen LogP contribution in [0.3, 0.4) is 0 Å². The Hall–Kier alpha value is -2.87. The Kier molecular flexibility index (Phi) is 8.44. The van der Waals surface area contributed by atoms with Crippen LogP contribution in [0, 0.1) is 12.7 Å². The van der Waals surface area contributed by atoms with Gasteiger partial charge < -0.3 is 14.7 Å². The van der Waals surface area contributed by atoms with Crippen LogP contribution < -0.4 is 4.90 Å². The average Bonchev–Trinajstić information content (AvgIpc) is 2.86. The van der Waals surface area contributed by atoms with Gasteiger partial charge in [0.15, 0.2) is 5.82 Å². The van der Waals surface area contributed by atoms with E-state index in [0.29, 0.717) is 31.0 Å². The second kappa shape index (κ2) is 11.7. The van der Waals surface area contributed by atoms with E-state index in [2.05, 4.69) is 9.80 Å². The van der Waals surface area contributed by atoms with Gasteiger partial charge in [0, 0.05) is 56.0 Å². The van der Waals surface area contributed by atoms with Gasteiger partial charge in [0.1, 0.15) is 11.6 Å². The number of ether oxygens (including phenoxy) is 1. The van der Waals surface area contributed by atoms with Gasteiger partial charge in [-0.2, -0.15) is 0 Å². The van der Waals surface area contributed by atoms with Crippen molar-refractivity contribution in [2.45, 2.75) is 39.4 Å². The molecule has 7 heteroatoms. The normalized spacial score (nSPS) is 15.5. The van der Waals surface area contributed by atoms with Crippen LogP contribution in [0.25, 0.3) is 11.4 Å². The fourth-order valence-electron chi connectivity index (χ4n) is 4.39. The van der Waals surface area contributed by atoms with E-state index in [9.17, 15) is 9.50 Å². The van der Waals surface area contributed by atoms with Crippen LogP contribution in [-0.4, -0.2) is 71.5 Å². The van der Waals surface area contributed by atoms with Crippen LogP contribution in [0.4, 0.5) is 10.2 Å². The van der Waals surface area contributed by atoms with E-state index in [1.54, 1.807) is 6.07 Å². The number of aromatic nitrogens is 2. The molecule has 35 heavy (non-hydrogen) atoms. The van der Waals surface area contributed by atoms with Crippen LogP contribution in [-0.2, 0) is 11.2 Å². The van der Waals surface area contributed by atoms with Gasteiger partial charge in [-0.3, -0.25) is 4.90 Å². The molecule has 2 aromatic carbocycles. The maximum Gasteiger partial charge on any atom is 0.161 e. The Bertz CT molecular complexity index is 1100. The highest BCUT2D eigenvalue weighted by Crippen LogP contribution is 2.29. The summed E-state index contributed by atoms with van der Waals surface area (Å²) in [6.07, 6.45) is 0.0368. The zero-order valence-electron chi connectivity index (χ0n) is 20.8. The summed E-state index contributed by atoms with van der Waals surface area (Å²) in [6.45, 7) is 10.0. The van der Waals surface area contributed by atoms with Crippen molar-refractivity contribution in [2.24, 2.45) is 0 Å². The van der Waals surface area contributed by atoms with Gasteiger partial charge in [-0.15, -0.1) is 0 Å². The van der Waals surface area contributed by atoms with Crippen molar-refractivity contribution in [3.63, 3.8) is 0 Å². The monoisotopic (exact) mass is 478 g/mol. The highest BCUT2D eigenvalue weighted by Gasteiger charge is 2.25. The lowest BCUT2D eigenvalue weighted by atomic mass is 10.0. The number of aliphatic hydroxyl groups is 1. The standard InChI is InChI=1S/C28H35FN4O2/c1-20(2)35-19-24(34)18-32-13-15-33(16-14-32)28-25(17-23-11-7-8-12-26(23)29)21(3)30-27(31-28)22-9-5-4-6-10-22/h4-12,20,24,34H,13-19H2,1-3H3/t24-/m1/s1. The number of aliphatic hydroxyl groups excluding tert-OH is 1. The van der Waals surface area contributed by atoms with Gasteiger partial charge in [-0.05, 0) is 32.4 Å². The largest absolute Gasteiger partial charge is 0.389 e. The zero-order chi connectivity index (χ0) is 24.8. The Labute approximate surface area is 207 Å². The molecular weight excluding hydrogens is 443 g/mol. The molecule has 0 spiro atoms. The van der Waals surface area contributed by atoms with Crippen molar-refractivity contribution in [3.8, 4) is 11.4 Å². The minimum Gasteiger partial charge on any atom is -0.389 e. The van der Waals surface area contributed by atoms with E-state index in [0.717, 1.165) is 48.8 Å². The number of hydrogen-bond donors (Lipinski definition) is 1. The summed E-state index contributed by atoms with van der Waals surface area (Å²) in [5.74, 6) is 1.33. The van der Waals surface area contributed by atoms with Crippen LogP contribution in [0.1, 0.15) is 30.7 Å². The highest BCUT2D eigenvalue weighted by atomic mass is 19.1. The summed E-state index contributed by atoms with van der Waals surface area (Å²) in [7, 11) is 0. The molecule has 1 N–H and O–H groups in total. The molecule has 0 bridgehead atoms. The summed E-state index contributed by atoms with van der Waals surface area (Å²) in [5, 5.41) is 10.3. The molecule has 4 rings (SSSR count). The van der Waals surface area contributed by atoms with E-state index in [1.165, 1.54) is 6.07 Å². The summed E-state index contributed by atoms with van der Waals surface area (Å²) in [5.41, 5.74) is 3.41. The molecule has 0 radical (unpaired) electrons. The fraction of sp³-hybridized carbons (Fsp3) is 0.429. The number of anilines is 1. The molecule has 1 aliphatic rings. The SMILES string of the molecule is Cc1nc(-c2ccccc2)nc(N2CCN(C[C@@H](O)COC(C)C)CC2)c1Cc1ccccc1F. The number of nitrogens with zero attached hydrogens (tertiary/aromatic N) is 4. The third-order valence-corrected chi connectivity index (χ3v) is 6.31. The van der Waals surface area contributed by atoms with Crippen molar-refractivity contribution < 1.29 is 14.2 Å². The first-order valence-corrected chi connectivity index (χ1v) is 12.3. The van der Waals surface area contributed by atoms with Crippen molar-refractivity contribution in [2.75, 3.05) is 44.2 Å². The van der Waals surface area contributed by atoms with E-state index in [1.807, 2.05) is 63.2 Å². The molecule has 0 aliphatic carbocycles. The Morgan fingerprint density at radius 3 is 2.34 bits per heavy atom. The van der Waals surface area contributed by atoms with E-state index in [4.69, 9.17) is 14.7 Å². The zero-order valence-corrected chi connectivity index (χ0v) is 20.8.